The number of aliphatic carboxylic acids is 1. The van der Waals surface area contributed by atoms with Crippen molar-refractivity contribution in [2.45, 2.75) is 13.3 Å². The molecule has 2 heterocycles. The Morgan fingerprint density at radius 3 is 2.94 bits per heavy atom. The monoisotopic (exact) mass is 267 g/mol. The number of nitrogens with zero attached hydrogens (tertiary/aromatic N) is 3. The zero-order valence-corrected chi connectivity index (χ0v) is 11.1. The van der Waals surface area contributed by atoms with Crippen molar-refractivity contribution < 1.29 is 14.6 Å². The van der Waals surface area contributed by atoms with Crippen molar-refractivity contribution in [1.82, 2.24) is 14.8 Å². The lowest BCUT2D eigenvalue weighted by Crippen LogP contribution is -2.00. The van der Waals surface area contributed by atoms with Crippen LogP contribution >= 0.6 is 11.3 Å². The number of rotatable bonds is 4. The summed E-state index contributed by atoms with van der Waals surface area (Å²) in [6.45, 7) is 1.87. The minimum atomic E-state index is -0.887. The summed E-state index contributed by atoms with van der Waals surface area (Å²) in [5, 5.41) is 15.5. The molecule has 0 fully saturated rings. The highest BCUT2D eigenvalue weighted by atomic mass is 32.1. The van der Waals surface area contributed by atoms with Gasteiger partial charge in [0.15, 0.2) is 0 Å². The maximum Gasteiger partial charge on any atom is 0.309 e. The smallest absolute Gasteiger partial charge is 0.309 e. The molecule has 0 aliphatic heterocycles. The zero-order chi connectivity index (χ0) is 13.3. The first-order valence-corrected chi connectivity index (χ1v) is 6.15. The summed E-state index contributed by atoms with van der Waals surface area (Å²) >= 11 is 1.39. The van der Waals surface area contributed by atoms with Crippen LogP contribution in [0.5, 0.6) is 5.88 Å². The fourth-order valence-corrected chi connectivity index (χ4v) is 2.68. The topological polar surface area (TPSA) is 77.2 Å². The van der Waals surface area contributed by atoms with Gasteiger partial charge < -0.3 is 9.84 Å². The van der Waals surface area contributed by atoms with Crippen molar-refractivity contribution >= 4 is 17.3 Å². The van der Waals surface area contributed by atoms with Crippen molar-refractivity contribution in [1.29, 1.82) is 0 Å². The Hall–Kier alpha value is -1.89. The van der Waals surface area contributed by atoms with Crippen LogP contribution in [-0.4, -0.2) is 33.0 Å². The number of carbonyl (C=O) groups is 1. The first kappa shape index (κ1) is 12.6. The fraction of sp³-hybridized carbons (Fsp3) is 0.364. The molecule has 7 heteroatoms. The molecule has 0 saturated carbocycles. The number of hydrogen-bond acceptors (Lipinski definition) is 5. The van der Waals surface area contributed by atoms with E-state index < -0.39 is 5.97 Å². The van der Waals surface area contributed by atoms with Gasteiger partial charge >= 0.3 is 5.97 Å². The molecule has 0 aliphatic rings. The standard InChI is InChI=1S/C11H13N3O3S/c1-6-9(11(17-3)14(2)13-6)10-12-7(5-18-10)4-8(15)16/h5H,4H2,1-3H3,(H,15,16). The third-order valence-electron chi connectivity index (χ3n) is 2.46. The van der Waals surface area contributed by atoms with Crippen LogP contribution < -0.4 is 4.74 Å². The van der Waals surface area contributed by atoms with Gasteiger partial charge in [-0.1, -0.05) is 0 Å². The van der Waals surface area contributed by atoms with Crippen LogP contribution in [0.15, 0.2) is 5.38 Å². The van der Waals surface area contributed by atoms with Crippen LogP contribution in [0.1, 0.15) is 11.4 Å². The third kappa shape index (κ3) is 2.21. The van der Waals surface area contributed by atoms with Crippen LogP contribution in [0, 0.1) is 6.92 Å². The van der Waals surface area contributed by atoms with Crippen molar-refractivity contribution in [2.24, 2.45) is 7.05 Å². The van der Waals surface area contributed by atoms with Gasteiger partial charge in [0.05, 0.1) is 30.5 Å². The Kier molecular flexibility index (Phi) is 3.33. The normalized spacial score (nSPS) is 10.6. The van der Waals surface area contributed by atoms with Gasteiger partial charge in [0.25, 0.3) is 0 Å². The second-order valence-electron chi connectivity index (χ2n) is 3.81. The van der Waals surface area contributed by atoms with Crippen molar-refractivity contribution in [3.63, 3.8) is 0 Å². The Morgan fingerprint density at radius 2 is 2.33 bits per heavy atom. The summed E-state index contributed by atoms with van der Waals surface area (Å²) in [5.74, 6) is -0.259. The average molecular weight is 267 g/mol. The Labute approximate surface area is 108 Å². The number of ether oxygens (including phenoxy) is 1. The second kappa shape index (κ2) is 4.77. The second-order valence-corrected chi connectivity index (χ2v) is 4.67. The molecule has 0 saturated heterocycles. The van der Waals surface area contributed by atoms with Crippen LogP contribution in [-0.2, 0) is 18.3 Å². The van der Waals surface area contributed by atoms with Gasteiger partial charge in [-0.3, -0.25) is 4.79 Å². The van der Waals surface area contributed by atoms with E-state index in [4.69, 9.17) is 9.84 Å². The quantitative estimate of drug-likeness (QED) is 0.908. The Morgan fingerprint density at radius 1 is 1.61 bits per heavy atom. The molecule has 0 aliphatic carbocycles. The Bertz CT molecular complexity index is 588. The van der Waals surface area contributed by atoms with E-state index in [-0.39, 0.29) is 6.42 Å². The van der Waals surface area contributed by atoms with Crippen molar-refractivity contribution in [3.05, 3.63) is 16.8 Å². The molecule has 18 heavy (non-hydrogen) atoms. The number of thiazole rings is 1. The van der Waals surface area contributed by atoms with Gasteiger partial charge in [0.1, 0.15) is 5.01 Å². The zero-order valence-electron chi connectivity index (χ0n) is 10.3. The number of hydrogen-bond donors (Lipinski definition) is 1. The van der Waals surface area contributed by atoms with E-state index in [0.717, 1.165) is 16.3 Å². The number of carboxylic acid groups (broad SMARTS) is 1. The average Bonchev–Trinajstić information content (AvgIpc) is 2.81. The number of carboxylic acids is 1. The van der Waals surface area contributed by atoms with Gasteiger partial charge in [-0.15, -0.1) is 11.3 Å². The van der Waals surface area contributed by atoms with E-state index in [1.165, 1.54) is 11.3 Å². The highest BCUT2D eigenvalue weighted by molar-refractivity contribution is 7.13. The lowest BCUT2D eigenvalue weighted by molar-refractivity contribution is -0.136. The summed E-state index contributed by atoms with van der Waals surface area (Å²) in [6, 6.07) is 0. The van der Waals surface area contributed by atoms with Crippen LogP contribution in [0.4, 0.5) is 0 Å². The molecule has 0 unspecified atom stereocenters. The highest BCUT2D eigenvalue weighted by Gasteiger charge is 2.19. The maximum absolute atomic E-state index is 10.6. The summed E-state index contributed by atoms with van der Waals surface area (Å²) in [5.41, 5.74) is 2.18. The van der Waals surface area contributed by atoms with Crippen LogP contribution in [0.2, 0.25) is 0 Å². The van der Waals surface area contributed by atoms with Gasteiger partial charge in [-0.25, -0.2) is 9.67 Å². The largest absolute Gasteiger partial charge is 0.481 e. The molecule has 0 radical (unpaired) electrons. The summed E-state index contributed by atoms with van der Waals surface area (Å²) < 4.78 is 6.93. The molecular formula is C11H13N3O3S. The van der Waals surface area contributed by atoms with Gasteiger partial charge in [0.2, 0.25) is 5.88 Å². The van der Waals surface area contributed by atoms with E-state index in [1.807, 2.05) is 6.92 Å². The van der Waals surface area contributed by atoms with Crippen molar-refractivity contribution in [3.8, 4) is 16.5 Å². The van der Waals surface area contributed by atoms with Crippen molar-refractivity contribution in [2.75, 3.05) is 7.11 Å². The molecule has 2 aromatic rings. The first-order valence-electron chi connectivity index (χ1n) is 5.27. The minimum Gasteiger partial charge on any atom is -0.481 e. The van der Waals surface area contributed by atoms with E-state index in [1.54, 1.807) is 24.2 Å². The molecule has 0 atom stereocenters. The Balaban J connectivity index is 2.42. The van der Waals surface area contributed by atoms with E-state index in [9.17, 15) is 4.79 Å². The highest BCUT2D eigenvalue weighted by Crippen LogP contribution is 2.34. The van der Waals surface area contributed by atoms with E-state index >= 15 is 0 Å². The fourth-order valence-electron chi connectivity index (χ4n) is 1.78. The predicted octanol–water partition coefficient (Wildman–Crippen LogP) is 1.49. The van der Waals surface area contributed by atoms with Gasteiger partial charge in [-0.2, -0.15) is 5.10 Å². The molecular weight excluding hydrogens is 254 g/mol. The SMILES string of the molecule is COc1c(-c2nc(CC(=O)O)cs2)c(C)nn1C. The van der Waals surface area contributed by atoms with Gasteiger partial charge in [-0.05, 0) is 6.92 Å². The molecule has 96 valence electrons. The predicted molar refractivity (Wildman–Crippen MR) is 66.9 cm³/mol. The molecule has 0 spiro atoms. The minimum absolute atomic E-state index is 0.0713. The molecule has 6 nitrogen and oxygen atoms in total. The van der Waals surface area contributed by atoms with E-state index in [0.29, 0.717) is 11.6 Å². The third-order valence-corrected chi connectivity index (χ3v) is 3.37. The first-order chi connectivity index (χ1) is 8.52. The summed E-state index contributed by atoms with van der Waals surface area (Å²) in [6.07, 6.45) is -0.0713. The molecule has 1 N–H and O–H groups in total. The van der Waals surface area contributed by atoms with Crippen LogP contribution in [0.3, 0.4) is 0 Å². The molecule has 0 aromatic carbocycles. The molecule has 2 rings (SSSR count). The number of aromatic nitrogens is 3. The van der Waals surface area contributed by atoms with Crippen LogP contribution in [0.25, 0.3) is 10.6 Å². The maximum atomic E-state index is 10.6. The number of aryl methyl sites for hydroxylation is 2. The molecule has 2 aromatic heterocycles. The lowest BCUT2D eigenvalue weighted by Gasteiger charge is -2.01. The van der Waals surface area contributed by atoms with Gasteiger partial charge in [0, 0.05) is 12.4 Å². The summed E-state index contributed by atoms with van der Waals surface area (Å²) in [7, 11) is 3.37. The number of methoxy groups -OCH3 is 1. The molecule has 0 amide bonds. The molecule has 0 bridgehead atoms. The lowest BCUT2D eigenvalue weighted by atomic mass is 10.2. The summed E-state index contributed by atoms with van der Waals surface area (Å²) in [4.78, 5) is 14.9. The van der Waals surface area contributed by atoms with E-state index in [2.05, 4.69) is 10.1 Å².